The van der Waals surface area contributed by atoms with Crippen molar-refractivity contribution in [2.24, 2.45) is 0 Å². The molecule has 0 radical (unpaired) electrons. The second-order valence-corrected chi connectivity index (χ2v) is 10.5. The molecule has 3 aromatic rings. The Hall–Kier alpha value is -3.13. The summed E-state index contributed by atoms with van der Waals surface area (Å²) in [5, 5.41) is 2.76. The fraction of sp³-hybridized carbons (Fsp3) is 0.280. The minimum absolute atomic E-state index is 0.0117. The molecular weight excluding hydrogens is 504 g/mol. The summed E-state index contributed by atoms with van der Waals surface area (Å²) in [6.45, 7) is 1.03. The van der Waals surface area contributed by atoms with Gasteiger partial charge in [0, 0.05) is 0 Å². The number of rotatable bonds is 2. The number of aromatic nitrogens is 1. The second kappa shape index (κ2) is 8.27. The first-order valence-electron chi connectivity index (χ1n) is 11.1. The van der Waals surface area contributed by atoms with Gasteiger partial charge in [-0.25, -0.2) is 0 Å². The molecule has 1 aromatic heterocycles. The van der Waals surface area contributed by atoms with E-state index in [1.165, 1.54) is 23.7 Å². The predicted molar refractivity (Wildman–Crippen MR) is 125 cm³/mol. The van der Waals surface area contributed by atoms with Crippen LogP contribution >= 0.6 is 0 Å². The molecule has 9 heteroatoms. The van der Waals surface area contributed by atoms with Crippen molar-refractivity contribution in [3.8, 4) is 5.75 Å². The van der Waals surface area contributed by atoms with E-state index < -0.39 is 12.2 Å². The van der Waals surface area contributed by atoms with Crippen LogP contribution in [-0.2, 0) is 10.1 Å². The molecule has 1 fully saturated rings. The van der Waals surface area contributed by atoms with E-state index in [1.807, 2.05) is 29.3 Å². The number of morpholine rings is 1. The molecule has 0 saturated carbocycles. The Morgan fingerprint density at radius 3 is 2.82 bits per heavy atom. The van der Waals surface area contributed by atoms with Crippen molar-refractivity contribution in [2.45, 2.75) is 17.5 Å². The Morgan fingerprint density at radius 2 is 1.97 bits per heavy atom. The van der Waals surface area contributed by atoms with Gasteiger partial charge in [-0.3, -0.25) is 0 Å². The zero-order valence-electron chi connectivity index (χ0n) is 18.4. The molecule has 0 spiro atoms. The summed E-state index contributed by atoms with van der Waals surface area (Å²) in [4.78, 5) is 27.9. The van der Waals surface area contributed by atoms with Crippen LogP contribution in [0.25, 0.3) is 0 Å². The molecule has 1 saturated heterocycles. The molecule has 0 bridgehead atoms. The number of carbonyl (C=O) groups is 1. The summed E-state index contributed by atoms with van der Waals surface area (Å²) in [7, 11) is 1.39. The normalized spacial score (nSPS) is 21.2. The van der Waals surface area contributed by atoms with Crippen molar-refractivity contribution in [3.05, 3.63) is 93.2 Å². The maximum atomic E-state index is 15.6. The van der Waals surface area contributed by atoms with Crippen molar-refractivity contribution in [3.63, 3.8) is 0 Å². The van der Waals surface area contributed by atoms with Gasteiger partial charge in [0.15, 0.2) is 0 Å². The standard InChI is InChI=1S/C25H22FN3O4Se/c1-32-24-18(30)9-10-28-23(24)25(31)27-11-12-33-13-20(27)29(28)22-16-6-2-3-8-19(16)34-14-15-5-4-7-17(26)21(15)22/h2-10,20,22H,11-14H2,1H3/t20-,22-/m1/s1. The van der Waals surface area contributed by atoms with Gasteiger partial charge in [-0.2, -0.15) is 0 Å². The Labute approximate surface area is 201 Å². The van der Waals surface area contributed by atoms with E-state index in [-0.39, 0.29) is 50.2 Å². The first-order chi connectivity index (χ1) is 16.6. The van der Waals surface area contributed by atoms with Gasteiger partial charge >= 0.3 is 202 Å². The van der Waals surface area contributed by atoms with Gasteiger partial charge in [-0.05, 0) is 0 Å². The van der Waals surface area contributed by atoms with Crippen molar-refractivity contribution >= 4 is 25.3 Å². The molecule has 34 heavy (non-hydrogen) atoms. The molecule has 6 rings (SSSR count). The predicted octanol–water partition coefficient (Wildman–Crippen LogP) is 1.38. The monoisotopic (exact) mass is 527 g/mol. The van der Waals surface area contributed by atoms with Crippen molar-refractivity contribution < 1.29 is 18.7 Å². The molecule has 4 heterocycles. The number of nitrogens with zero attached hydrogens (tertiary/aromatic N) is 3. The number of halogens is 1. The summed E-state index contributed by atoms with van der Waals surface area (Å²) < 4.78 is 29.7. The summed E-state index contributed by atoms with van der Waals surface area (Å²) in [6, 6.07) is 14.2. The third kappa shape index (κ3) is 3.11. The number of amides is 1. The third-order valence-electron chi connectivity index (χ3n) is 6.64. The molecule has 3 aliphatic heterocycles. The van der Waals surface area contributed by atoms with E-state index in [9.17, 15) is 9.59 Å². The average molecular weight is 526 g/mol. The zero-order valence-corrected chi connectivity index (χ0v) is 20.2. The number of ether oxygens (including phenoxy) is 2. The van der Waals surface area contributed by atoms with Crippen LogP contribution in [0.5, 0.6) is 5.75 Å². The Bertz CT molecular complexity index is 1360. The van der Waals surface area contributed by atoms with Crippen LogP contribution in [0.3, 0.4) is 0 Å². The van der Waals surface area contributed by atoms with E-state index >= 15 is 4.39 Å². The summed E-state index contributed by atoms with van der Waals surface area (Å²) >= 11 is 0.117. The van der Waals surface area contributed by atoms with E-state index in [0.717, 1.165) is 16.4 Å². The van der Waals surface area contributed by atoms with Gasteiger partial charge in [0.2, 0.25) is 0 Å². The Morgan fingerprint density at radius 1 is 1.12 bits per heavy atom. The summed E-state index contributed by atoms with van der Waals surface area (Å²) in [5.41, 5.74) is 2.33. The second-order valence-electron chi connectivity index (χ2n) is 8.38. The van der Waals surface area contributed by atoms with Crippen LogP contribution in [0, 0.1) is 5.82 Å². The topological polar surface area (TPSA) is 64.0 Å². The van der Waals surface area contributed by atoms with Crippen LogP contribution in [-0.4, -0.2) is 63.5 Å². The fourth-order valence-corrected chi connectivity index (χ4v) is 7.43. The van der Waals surface area contributed by atoms with Crippen molar-refractivity contribution in [1.82, 2.24) is 9.58 Å². The van der Waals surface area contributed by atoms with E-state index in [2.05, 4.69) is 6.07 Å². The van der Waals surface area contributed by atoms with Crippen LogP contribution in [0.2, 0.25) is 0 Å². The van der Waals surface area contributed by atoms with Crippen molar-refractivity contribution in [1.29, 1.82) is 0 Å². The van der Waals surface area contributed by atoms with Gasteiger partial charge < -0.3 is 0 Å². The molecule has 0 unspecified atom stereocenters. The van der Waals surface area contributed by atoms with E-state index in [1.54, 1.807) is 21.8 Å². The molecule has 3 aliphatic rings. The summed E-state index contributed by atoms with van der Waals surface area (Å²) in [5.74, 6) is -0.592. The quantitative estimate of drug-likeness (QED) is 0.473. The number of pyridine rings is 1. The van der Waals surface area contributed by atoms with Gasteiger partial charge in [0.25, 0.3) is 0 Å². The number of hydrogen-bond donors (Lipinski definition) is 0. The van der Waals surface area contributed by atoms with Gasteiger partial charge in [0.1, 0.15) is 0 Å². The molecular formula is C25H22FN3O4Se. The van der Waals surface area contributed by atoms with Gasteiger partial charge in [0.05, 0.1) is 0 Å². The molecule has 7 nitrogen and oxygen atoms in total. The average Bonchev–Trinajstić information content (AvgIpc) is 3.03. The molecule has 174 valence electrons. The number of carbonyl (C=O) groups excluding carboxylic acids is 1. The van der Waals surface area contributed by atoms with Crippen molar-refractivity contribution in [2.75, 3.05) is 31.9 Å². The Kier molecular flexibility index (Phi) is 5.21. The third-order valence-corrected chi connectivity index (χ3v) is 9.03. The van der Waals surface area contributed by atoms with Gasteiger partial charge in [-0.15, -0.1) is 0 Å². The number of benzene rings is 2. The van der Waals surface area contributed by atoms with E-state index in [4.69, 9.17) is 9.47 Å². The number of methoxy groups -OCH3 is 1. The fourth-order valence-electron chi connectivity index (χ4n) is 5.15. The van der Waals surface area contributed by atoms with E-state index in [0.29, 0.717) is 18.7 Å². The number of hydrogen-bond acceptors (Lipinski definition) is 5. The molecule has 2 atom stereocenters. The summed E-state index contributed by atoms with van der Waals surface area (Å²) in [6.07, 6.45) is 1.11. The Balaban J connectivity index is 1.68. The van der Waals surface area contributed by atoms with Gasteiger partial charge in [-0.1, -0.05) is 0 Å². The molecule has 0 aliphatic carbocycles. The van der Waals surface area contributed by atoms with Crippen LogP contribution in [0.1, 0.15) is 33.2 Å². The van der Waals surface area contributed by atoms with Crippen LogP contribution in [0.15, 0.2) is 59.5 Å². The zero-order chi connectivity index (χ0) is 23.4. The molecule has 1 amide bonds. The number of fused-ring (bicyclic) bond motifs is 4. The SMILES string of the molecule is COc1c2n(ccc1=O)N([C@@H]1c3ccccc3[Se]Cc3cccc(F)c31)[C@@H]1COCCN1C2=O. The van der Waals surface area contributed by atoms with Crippen LogP contribution < -0.4 is 19.6 Å². The molecule has 0 N–H and O–H groups in total. The first-order valence-corrected chi connectivity index (χ1v) is 13.1. The molecule has 2 aromatic carbocycles. The van der Waals surface area contributed by atoms with Crippen LogP contribution in [0.4, 0.5) is 4.39 Å². The minimum atomic E-state index is -0.523. The maximum absolute atomic E-state index is 15.6. The first kappa shape index (κ1) is 21.4.